The number of benzene rings is 1. The fourth-order valence-electron chi connectivity index (χ4n) is 3.63. The molecular formula is C20H20N4O3S. The van der Waals surface area contributed by atoms with Crippen LogP contribution in [0.1, 0.15) is 46.1 Å². The van der Waals surface area contributed by atoms with Crippen molar-refractivity contribution < 1.29 is 9.72 Å². The molecule has 1 amide bonds. The predicted molar refractivity (Wildman–Crippen MR) is 106 cm³/mol. The van der Waals surface area contributed by atoms with Crippen LogP contribution in [0.4, 0.5) is 5.82 Å². The van der Waals surface area contributed by atoms with Crippen LogP contribution in [0.15, 0.2) is 54.0 Å². The summed E-state index contributed by atoms with van der Waals surface area (Å²) in [5, 5.41) is 16.6. The molecule has 1 aliphatic heterocycles. The second kappa shape index (κ2) is 7.93. The molecule has 7 nitrogen and oxygen atoms in total. The number of rotatable bonds is 5. The Kier molecular flexibility index (Phi) is 5.21. The Balaban J connectivity index is 1.50. The molecule has 2 aromatic heterocycles. The third kappa shape index (κ3) is 3.82. The van der Waals surface area contributed by atoms with Crippen LogP contribution in [0.5, 0.6) is 0 Å². The molecule has 0 bridgehead atoms. The van der Waals surface area contributed by atoms with Crippen LogP contribution >= 0.6 is 11.3 Å². The number of aromatic nitrogens is 2. The smallest absolute Gasteiger partial charge is 0.358 e. The van der Waals surface area contributed by atoms with Crippen molar-refractivity contribution in [1.82, 2.24) is 14.7 Å². The SMILES string of the molecule is O=C(c1cc(Cn2ccc([N+](=O)[O-])n2)cs1)N1CCCCC1c1ccccc1. The number of nitro groups is 1. The average Bonchev–Trinajstić information content (AvgIpc) is 3.38. The zero-order valence-electron chi connectivity index (χ0n) is 15.2. The number of hydrogen-bond donors (Lipinski definition) is 0. The van der Waals surface area contributed by atoms with Gasteiger partial charge in [0.15, 0.2) is 0 Å². The van der Waals surface area contributed by atoms with Gasteiger partial charge in [-0.25, -0.2) is 0 Å². The van der Waals surface area contributed by atoms with Gasteiger partial charge in [0, 0.05) is 6.54 Å². The van der Waals surface area contributed by atoms with Crippen molar-refractivity contribution >= 4 is 23.1 Å². The van der Waals surface area contributed by atoms with E-state index in [9.17, 15) is 14.9 Å². The van der Waals surface area contributed by atoms with Crippen molar-refractivity contribution in [2.75, 3.05) is 6.54 Å². The van der Waals surface area contributed by atoms with Crippen LogP contribution in [-0.4, -0.2) is 32.1 Å². The number of likely N-dealkylation sites (tertiary alicyclic amines) is 1. The third-order valence-corrected chi connectivity index (χ3v) is 5.94. The van der Waals surface area contributed by atoms with Crippen molar-refractivity contribution in [2.45, 2.75) is 31.8 Å². The fourth-order valence-corrected chi connectivity index (χ4v) is 4.49. The topological polar surface area (TPSA) is 81.3 Å². The maximum atomic E-state index is 13.2. The highest BCUT2D eigenvalue weighted by Crippen LogP contribution is 2.33. The first-order valence-electron chi connectivity index (χ1n) is 9.23. The molecule has 1 fully saturated rings. The first-order valence-corrected chi connectivity index (χ1v) is 10.1. The van der Waals surface area contributed by atoms with Crippen LogP contribution in [0, 0.1) is 10.1 Å². The highest BCUT2D eigenvalue weighted by molar-refractivity contribution is 7.12. The number of amides is 1. The molecule has 1 aromatic carbocycles. The van der Waals surface area contributed by atoms with Gasteiger partial charge in [0.1, 0.15) is 0 Å². The van der Waals surface area contributed by atoms with Crippen molar-refractivity contribution in [3.8, 4) is 0 Å². The van der Waals surface area contributed by atoms with Gasteiger partial charge < -0.3 is 15.0 Å². The maximum absolute atomic E-state index is 13.2. The number of nitrogens with zero attached hydrogens (tertiary/aromatic N) is 4. The molecule has 8 heteroatoms. The molecule has 28 heavy (non-hydrogen) atoms. The summed E-state index contributed by atoms with van der Waals surface area (Å²) in [6.45, 7) is 1.16. The Morgan fingerprint density at radius 2 is 2.07 bits per heavy atom. The van der Waals surface area contributed by atoms with Gasteiger partial charge in [-0.2, -0.15) is 4.68 Å². The summed E-state index contributed by atoms with van der Waals surface area (Å²) in [5.74, 6) is -0.123. The molecule has 1 atom stereocenters. The lowest BCUT2D eigenvalue weighted by Crippen LogP contribution is -2.38. The highest BCUT2D eigenvalue weighted by atomic mass is 32.1. The van der Waals surface area contributed by atoms with E-state index in [2.05, 4.69) is 17.2 Å². The van der Waals surface area contributed by atoms with Crippen LogP contribution in [0.2, 0.25) is 0 Å². The number of carbonyl (C=O) groups excluding carboxylic acids is 1. The number of carbonyl (C=O) groups is 1. The van der Waals surface area contributed by atoms with E-state index in [0.717, 1.165) is 31.4 Å². The van der Waals surface area contributed by atoms with Gasteiger partial charge in [-0.1, -0.05) is 30.3 Å². The molecule has 1 aliphatic rings. The molecule has 144 valence electrons. The first kappa shape index (κ1) is 18.4. The van der Waals surface area contributed by atoms with E-state index in [0.29, 0.717) is 11.4 Å². The maximum Gasteiger partial charge on any atom is 0.389 e. The molecule has 0 radical (unpaired) electrons. The van der Waals surface area contributed by atoms with Crippen molar-refractivity contribution in [3.05, 3.63) is 80.2 Å². The number of piperidine rings is 1. The predicted octanol–water partition coefficient (Wildman–Crippen LogP) is 4.27. The zero-order valence-corrected chi connectivity index (χ0v) is 16.0. The van der Waals surface area contributed by atoms with Gasteiger partial charge in [0.05, 0.1) is 34.8 Å². The Morgan fingerprint density at radius 3 is 2.82 bits per heavy atom. The summed E-state index contributed by atoms with van der Waals surface area (Å²) >= 11 is 1.41. The number of hydrogen-bond acceptors (Lipinski definition) is 5. The minimum atomic E-state index is -0.515. The molecule has 0 aliphatic carbocycles. The van der Waals surface area contributed by atoms with Crippen molar-refractivity contribution in [1.29, 1.82) is 0 Å². The van der Waals surface area contributed by atoms with Gasteiger partial charge in [0.2, 0.25) is 0 Å². The van der Waals surface area contributed by atoms with Crippen LogP contribution in [-0.2, 0) is 6.54 Å². The standard InChI is InChI=1S/C20H20N4O3S/c25-20(23-10-5-4-8-17(23)16-6-2-1-3-7-16)18-12-15(14-28-18)13-22-11-9-19(21-22)24(26)27/h1-3,6-7,9,11-12,14,17H,4-5,8,10,13H2. The summed E-state index contributed by atoms with van der Waals surface area (Å²) in [7, 11) is 0. The van der Waals surface area contributed by atoms with Gasteiger partial charge in [-0.3, -0.25) is 4.79 Å². The molecule has 0 spiro atoms. The molecule has 3 aromatic rings. The average molecular weight is 396 g/mol. The molecule has 0 N–H and O–H groups in total. The molecule has 1 unspecified atom stereocenters. The van der Waals surface area contributed by atoms with E-state index >= 15 is 0 Å². The first-order chi connectivity index (χ1) is 13.6. The van der Waals surface area contributed by atoms with E-state index < -0.39 is 4.92 Å². The summed E-state index contributed by atoms with van der Waals surface area (Å²) in [6, 6.07) is 13.5. The fraction of sp³-hybridized carbons (Fsp3) is 0.300. The van der Waals surface area contributed by atoms with Crippen LogP contribution < -0.4 is 0 Å². The Labute approximate surface area is 166 Å². The summed E-state index contributed by atoms with van der Waals surface area (Å²) in [5.41, 5.74) is 2.09. The quantitative estimate of drug-likeness (QED) is 0.476. The largest absolute Gasteiger partial charge is 0.389 e. The minimum Gasteiger partial charge on any atom is -0.358 e. The molecule has 3 heterocycles. The molecule has 4 rings (SSSR count). The van der Waals surface area contributed by atoms with Crippen LogP contribution in [0.25, 0.3) is 0 Å². The number of thiophene rings is 1. The van der Waals surface area contributed by atoms with Gasteiger partial charge in [-0.15, -0.1) is 11.3 Å². The molecule has 0 saturated carbocycles. The van der Waals surface area contributed by atoms with Crippen molar-refractivity contribution in [3.63, 3.8) is 0 Å². The molecule has 1 saturated heterocycles. The Morgan fingerprint density at radius 1 is 1.25 bits per heavy atom. The van der Waals surface area contributed by atoms with E-state index in [-0.39, 0.29) is 17.8 Å². The van der Waals surface area contributed by atoms with Gasteiger partial charge >= 0.3 is 5.82 Å². The normalized spacial score (nSPS) is 16.9. The Bertz CT molecular complexity index is 982. The van der Waals surface area contributed by atoms with Gasteiger partial charge in [0.25, 0.3) is 5.91 Å². The zero-order chi connectivity index (χ0) is 19.5. The highest BCUT2D eigenvalue weighted by Gasteiger charge is 2.29. The van der Waals surface area contributed by atoms with E-state index in [4.69, 9.17) is 0 Å². The van der Waals surface area contributed by atoms with Gasteiger partial charge in [-0.05, 0) is 46.8 Å². The van der Waals surface area contributed by atoms with E-state index in [1.807, 2.05) is 34.5 Å². The summed E-state index contributed by atoms with van der Waals surface area (Å²) in [4.78, 5) is 26.1. The monoisotopic (exact) mass is 396 g/mol. The third-order valence-electron chi connectivity index (χ3n) is 4.97. The van der Waals surface area contributed by atoms with Crippen LogP contribution in [0.3, 0.4) is 0 Å². The lowest BCUT2D eigenvalue weighted by atomic mass is 9.95. The van der Waals surface area contributed by atoms with E-state index in [1.165, 1.54) is 27.6 Å². The minimum absolute atomic E-state index is 0.0521. The summed E-state index contributed by atoms with van der Waals surface area (Å²) < 4.78 is 1.52. The van der Waals surface area contributed by atoms with Crippen molar-refractivity contribution in [2.24, 2.45) is 0 Å². The second-order valence-electron chi connectivity index (χ2n) is 6.87. The summed E-state index contributed by atoms with van der Waals surface area (Å²) in [6.07, 6.45) is 4.69. The Hall–Kier alpha value is -3.00. The second-order valence-corrected chi connectivity index (χ2v) is 7.78. The lowest BCUT2D eigenvalue weighted by Gasteiger charge is -2.36. The molecular weight excluding hydrogens is 376 g/mol. The van der Waals surface area contributed by atoms with E-state index in [1.54, 1.807) is 6.20 Å². The lowest BCUT2D eigenvalue weighted by molar-refractivity contribution is -0.389.